The molecule has 0 saturated carbocycles. The minimum atomic E-state index is -4.92. The van der Waals surface area contributed by atoms with Crippen molar-refractivity contribution in [1.82, 2.24) is 14.8 Å². The Morgan fingerprint density at radius 1 is 1.09 bits per heavy atom. The van der Waals surface area contributed by atoms with Crippen LogP contribution in [0.5, 0.6) is 11.5 Å². The predicted octanol–water partition coefficient (Wildman–Crippen LogP) is 8.37. The van der Waals surface area contributed by atoms with Gasteiger partial charge in [-0.1, -0.05) is 23.6 Å². The minimum Gasteiger partial charge on any atom is -0.453 e. The van der Waals surface area contributed by atoms with E-state index in [2.05, 4.69) is 49.3 Å². The zero-order chi connectivity index (χ0) is 33.0. The molecular formula is C30H19ClF5IN5O3P. The van der Waals surface area contributed by atoms with Crippen molar-refractivity contribution in [2.45, 2.75) is 12.7 Å². The highest BCUT2D eigenvalue weighted by molar-refractivity contribution is 14.2. The van der Waals surface area contributed by atoms with Crippen molar-refractivity contribution < 1.29 is 36.0 Å². The van der Waals surface area contributed by atoms with E-state index in [1.54, 1.807) is 24.4 Å². The Morgan fingerprint density at radius 2 is 1.89 bits per heavy atom. The van der Waals surface area contributed by atoms with Crippen molar-refractivity contribution >= 4 is 68.4 Å². The SMILES string of the molecule is Nc1nn(CCOPI)c2c(C#Cc3ccccn3)cc(NC(=O)c3cc(F)cc(C(F)(F)F)c3)c(Oc3cc(F)ccc3Cl)c12. The third kappa shape index (κ3) is 7.67. The van der Waals surface area contributed by atoms with E-state index in [0.717, 1.165) is 12.1 Å². The van der Waals surface area contributed by atoms with Crippen molar-refractivity contribution in [1.29, 1.82) is 0 Å². The lowest BCUT2D eigenvalue weighted by molar-refractivity contribution is -0.137. The molecule has 0 spiro atoms. The fraction of sp³-hybridized carbons (Fsp3) is 0.100. The van der Waals surface area contributed by atoms with E-state index in [9.17, 15) is 26.7 Å². The van der Waals surface area contributed by atoms with Crippen molar-refractivity contribution in [2.24, 2.45) is 0 Å². The molecule has 0 radical (unpaired) electrons. The van der Waals surface area contributed by atoms with Crippen LogP contribution in [-0.4, -0.2) is 27.3 Å². The van der Waals surface area contributed by atoms with Gasteiger partial charge in [-0.3, -0.25) is 9.48 Å². The van der Waals surface area contributed by atoms with Gasteiger partial charge in [0, 0.05) is 17.8 Å². The number of nitrogens with two attached hydrogens (primary N) is 1. The van der Waals surface area contributed by atoms with Gasteiger partial charge < -0.3 is 20.3 Å². The summed E-state index contributed by atoms with van der Waals surface area (Å²) in [5.74, 6) is 2.37. The highest BCUT2D eigenvalue weighted by Crippen LogP contribution is 2.44. The number of pyridine rings is 1. The molecule has 1 atom stereocenters. The lowest BCUT2D eigenvalue weighted by atomic mass is 10.1. The molecule has 1 amide bonds. The molecule has 16 heteroatoms. The normalized spacial score (nSPS) is 11.5. The average Bonchev–Trinajstić information content (AvgIpc) is 3.34. The Bertz CT molecular complexity index is 2000. The topological polar surface area (TPSA) is 104 Å². The van der Waals surface area contributed by atoms with Crippen LogP contribution in [0.4, 0.5) is 33.5 Å². The number of aromatic nitrogens is 3. The van der Waals surface area contributed by atoms with Gasteiger partial charge in [0.05, 0.1) is 52.3 Å². The number of nitrogens with zero attached hydrogens (tertiary/aromatic N) is 3. The summed E-state index contributed by atoms with van der Waals surface area (Å²) >= 11 is 8.35. The van der Waals surface area contributed by atoms with Gasteiger partial charge in [-0.2, -0.15) is 18.3 Å². The molecule has 3 aromatic carbocycles. The fourth-order valence-electron chi connectivity index (χ4n) is 4.33. The number of nitrogen functional groups attached to an aromatic ring is 1. The summed E-state index contributed by atoms with van der Waals surface area (Å²) < 4.78 is 81.7. The molecule has 8 nitrogen and oxygen atoms in total. The van der Waals surface area contributed by atoms with E-state index >= 15 is 0 Å². The highest BCUT2D eigenvalue weighted by Gasteiger charge is 2.32. The maximum Gasteiger partial charge on any atom is 0.416 e. The Hall–Kier alpha value is -4.03. The molecule has 0 fully saturated rings. The number of ether oxygens (including phenoxy) is 1. The molecule has 0 aliphatic carbocycles. The smallest absolute Gasteiger partial charge is 0.416 e. The predicted molar refractivity (Wildman–Crippen MR) is 173 cm³/mol. The second-order valence-corrected chi connectivity index (χ2v) is 11.6. The third-order valence-electron chi connectivity index (χ3n) is 6.29. The summed E-state index contributed by atoms with van der Waals surface area (Å²) in [6, 6.07) is 11.2. The number of fused-ring (bicyclic) bond motifs is 1. The van der Waals surface area contributed by atoms with Crippen LogP contribution in [-0.2, 0) is 17.2 Å². The number of nitrogens with one attached hydrogen (secondary N) is 1. The van der Waals surface area contributed by atoms with Crippen LogP contribution in [0.1, 0.15) is 27.2 Å². The number of anilines is 2. The van der Waals surface area contributed by atoms with E-state index in [-0.39, 0.29) is 64.6 Å². The lowest BCUT2D eigenvalue weighted by Gasteiger charge is -2.17. The first-order chi connectivity index (χ1) is 21.9. The molecule has 0 aliphatic heterocycles. The number of hydrogen-bond donors (Lipinski definition) is 2. The van der Waals surface area contributed by atoms with Gasteiger partial charge in [0.25, 0.3) is 5.91 Å². The summed E-state index contributed by atoms with van der Waals surface area (Å²) in [6.45, 7) is 0.631. The van der Waals surface area contributed by atoms with Gasteiger partial charge in [0.2, 0.25) is 0 Å². The van der Waals surface area contributed by atoms with Gasteiger partial charge in [0.1, 0.15) is 23.1 Å². The number of amides is 1. The Balaban J connectivity index is 1.73. The summed E-state index contributed by atoms with van der Waals surface area (Å²) in [4.78, 5) is 17.5. The zero-order valence-corrected chi connectivity index (χ0v) is 27.0. The second kappa shape index (κ2) is 14.2. The fourth-order valence-corrected chi connectivity index (χ4v) is 5.32. The van der Waals surface area contributed by atoms with Crippen LogP contribution in [0.3, 0.4) is 0 Å². The van der Waals surface area contributed by atoms with Gasteiger partial charge >= 0.3 is 6.18 Å². The van der Waals surface area contributed by atoms with Crippen molar-refractivity contribution in [3.05, 3.63) is 106 Å². The molecule has 2 heterocycles. The minimum absolute atomic E-state index is 0.00630. The number of hydrogen-bond acceptors (Lipinski definition) is 6. The van der Waals surface area contributed by atoms with Crippen molar-refractivity contribution in [2.75, 3.05) is 17.7 Å². The van der Waals surface area contributed by atoms with E-state index < -0.39 is 34.8 Å². The molecule has 5 aromatic rings. The van der Waals surface area contributed by atoms with Crippen LogP contribution in [0.25, 0.3) is 10.9 Å². The van der Waals surface area contributed by atoms with Gasteiger partial charge in [-0.05, 0) is 76.5 Å². The van der Waals surface area contributed by atoms with Crippen molar-refractivity contribution in [3.63, 3.8) is 0 Å². The molecule has 0 saturated heterocycles. The van der Waals surface area contributed by atoms with Crippen LogP contribution < -0.4 is 15.8 Å². The van der Waals surface area contributed by atoms with E-state index in [1.807, 2.05) is 0 Å². The molecule has 2 aromatic heterocycles. The molecule has 236 valence electrons. The molecule has 0 bridgehead atoms. The number of alkyl halides is 3. The quantitative estimate of drug-likeness (QED) is 0.0539. The number of rotatable bonds is 8. The highest BCUT2D eigenvalue weighted by atomic mass is 127. The van der Waals surface area contributed by atoms with Crippen LogP contribution in [0.2, 0.25) is 5.02 Å². The summed E-state index contributed by atoms with van der Waals surface area (Å²) in [6.07, 6.45) is -3.37. The number of carbonyl (C=O) groups excluding carboxylic acids is 1. The molecule has 0 aliphatic rings. The standard InChI is InChI=1S/C30H19ClF5IN5O3P/c31-22-7-5-19(32)15-24(22)45-27-23(40-29(43)17-11-18(30(34,35)36)14-20(33)12-17)13-16(4-6-21-3-1-2-8-39-21)26-25(27)28(38)41-42(26)9-10-44-46-37/h1-3,5,7-8,11-15,46H,9-10H2,(H2,38,41)(H,40,43). The first kappa shape index (κ1) is 33.3. The molecule has 46 heavy (non-hydrogen) atoms. The maximum absolute atomic E-state index is 14.2. The van der Waals surface area contributed by atoms with Crippen LogP contribution in [0, 0.1) is 23.5 Å². The van der Waals surface area contributed by atoms with E-state index in [1.165, 1.54) is 16.8 Å². The zero-order valence-electron chi connectivity index (χ0n) is 23.1. The van der Waals surface area contributed by atoms with Gasteiger partial charge in [0.15, 0.2) is 11.6 Å². The first-order valence-electron chi connectivity index (χ1n) is 13.0. The third-order valence-corrected chi connectivity index (χ3v) is 7.85. The second-order valence-electron chi connectivity index (χ2n) is 9.38. The van der Waals surface area contributed by atoms with Crippen LogP contribution in [0.15, 0.2) is 66.9 Å². The average molecular weight is 786 g/mol. The van der Waals surface area contributed by atoms with Crippen LogP contribution >= 0.6 is 40.1 Å². The number of carbonyl (C=O) groups is 1. The Kier molecular flexibility index (Phi) is 10.3. The molecular weight excluding hydrogens is 767 g/mol. The molecule has 1 unspecified atom stereocenters. The lowest BCUT2D eigenvalue weighted by Crippen LogP contribution is -2.15. The molecule has 5 rings (SSSR count). The van der Waals surface area contributed by atoms with Gasteiger partial charge in [-0.25, -0.2) is 13.8 Å². The van der Waals surface area contributed by atoms with Gasteiger partial charge in [-0.15, -0.1) is 0 Å². The Morgan fingerprint density at radius 3 is 2.61 bits per heavy atom. The molecule has 3 N–H and O–H groups in total. The summed E-state index contributed by atoms with van der Waals surface area (Å²) in [5, 5.41) is 6.99. The summed E-state index contributed by atoms with van der Waals surface area (Å²) in [5.41, 5.74) is 5.22. The number of halogens is 7. The first-order valence-corrected chi connectivity index (χ1v) is 17.4. The maximum atomic E-state index is 14.2. The van der Waals surface area contributed by atoms with Crippen molar-refractivity contribution in [3.8, 4) is 23.3 Å². The summed E-state index contributed by atoms with van der Waals surface area (Å²) in [7, 11) is 0. The Labute approximate surface area is 277 Å². The largest absolute Gasteiger partial charge is 0.453 e. The number of benzene rings is 3. The monoisotopic (exact) mass is 785 g/mol. The van der Waals surface area contributed by atoms with E-state index in [0.29, 0.717) is 23.3 Å². The van der Waals surface area contributed by atoms with E-state index in [4.69, 9.17) is 26.6 Å².